The van der Waals surface area contributed by atoms with Crippen LogP contribution in [0, 0.1) is 12.3 Å². The lowest BCUT2D eigenvalue weighted by atomic mass is 10.0. The molecule has 1 saturated carbocycles. The molecule has 2 aliphatic rings. The quantitative estimate of drug-likeness (QED) is 0.216. The monoisotopic (exact) mass is 577 g/mol. The summed E-state index contributed by atoms with van der Waals surface area (Å²) in [5.41, 5.74) is 1.85. The van der Waals surface area contributed by atoms with Crippen LogP contribution in [-0.4, -0.2) is 80.9 Å². The average Bonchev–Trinajstić information content (AvgIpc) is 3.54. The van der Waals surface area contributed by atoms with Crippen LogP contribution >= 0.6 is 0 Å². The van der Waals surface area contributed by atoms with Crippen molar-refractivity contribution in [3.05, 3.63) is 30.0 Å². The molecule has 0 radical (unpaired) electrons. The number of terminal acetylenes is 1. The summed E-state index contributed by atoms with van der Waals surface area (Å²) >= 11 is 0. The van der Waals surface area contributed by atoms with Crippen LogP contribution in [0.15, 0.2) is 24.4 Å². The number of anilines is 4. The van der Waals surface area contributed by atoms with E-state index >= 15 is 0 Å². The Labute approximate surface area is 248 Å². The highest BCUT2D eigenvalue weighted by Crippen LogP contribution is 2.40. The predicted octanol–water partition coefficient (Wildman–Crippen LogP) is 3.48. The van der Waals surface area contributed by atoms with Gasteiger partial charge in [0.1, 0.15) is 17.5 Å². The van der Waals surface area contributed by atoms with Crippen molar-refractivity contribution in [2.45, 2.75) is 64.0 Å². The zero-order chi connectivity index (χ0) is 29.9. The lowest BCUT2D eigenvalue weighted by Crippen LogP contribution is -2.55. The van der Waals surface area contributed by atoms with E-state index in [9.17, 15) is 9.59 Å². The number of ether oxygens (including phenoxy) is 2. The van der Waals surface area contributed by atoms with E-state index in [0.29, 0.717) is 61.2 Å². The Kier molecular flexibility index (Phi) is 11.4. The molecule has 1 aliphatic heterocycles. The molecule has 1 aromatic carbocycles. The maximum Gasteiger partial charge on any atom is 0.251 e. The summed E-state index contributed by atoms with van der Waals surface area (Å²) < 4.78 is 11.0. The van der Waals surface area contributed by atoms with Gasteiger partial charge in [0, 0.05) is 38.2 Å². The summed E-state index contributed by atoms with van der Waals surface area (Å²) in [6.45, 7) is 5.29. The number of fused-ring (bicyclic) bond motifs is 1. The van der Waals surface area contributed by atoms with Gasteiger partial charge in [-0.25, -0.2) is 4.98 Å². The fourth-order valence-electron chi connectivity index (χ4n) is 5.52. The fraction of sp³-hybridized carbons (Fsp3) is 0.548. The van der Waals surface area contributed by atoms with Gasteiger partial charge in [0.2, 0.25) is 11.9 Å². The van der Waals surface area contributed by atoms with E-state index in [4.69, 9.17) is 20.9 Å². The third-order valence-corrected chi connectivity index (χ3v) is 7.75. The molecule has 11 heteroatoms. The zero-order valence-electron chi connectivity index (χ0n) is 24.9. The maximum absolute atomic E-state index is 13.1. The van der Waals surface area contributed by atoms with Crippen LogP contribution in [0.25, 0.3) is 0 Å². The Bertz CT molecular complexity index is 1260. The normalized spacial score (nSPS) is 16.7. The first-order chi connectivity index (χ1) is 20.5. The number of methoxy groups -OCH3 is 1. The second kappa shape index (κ2) is 15.4. The van der Waals surface area contributed by atoms with Gasteiger partial charge in [0.25, 0.3) is 5.91 Å². The molecule has 1 aromatic heterocycles. The van der Waals surface area contributed by atoms with Gasteiger partial charge in [-0.05, 0) is 50.4 Å². The molecular formula is C31H43N7O4. The number of aromatic nitrogens is 2. The molecule has 1 fully saturated rings. The highest BCUT2D eigenvalue weighted by atomic mass is 16.5. The Balaban J connectivity index is 1.37. The molecule has 3 N–H and O–H groups in total. The first-order valence-corrected chi connectivity index (χ1v) is 14.9. The fourth-order valence-corrected chi connectivity index (χ4v) is 5.52. The van der Waals surface area contributed by atoms with Crippen molar-refractivity contribution in [1.82, 2.24) is 20.6 Å². The van der Waals surface area contributed by atoms with Gasteiger partial charge in [-0.1, -0.05) is 19.8 Å². The van der Waals surface area contributed by atoms with Crippen LogP contribution in [0.3, 0.4) is 0 Å². The summed E-state index contributed by atoms with van der Waals surface area (Å²) in [6.07, 6.45) is 13.4. The van der Waals surface area contributed by atoms with Gasteiger partial charge in [0.05, 0.1) is 32.2 Å². The van der Waals surface area contributed by atoms with Crippen molar-refractivity contribution < 1.29 is 19.1 Å². The second-order valence-electron chi connectivity index (χ2n) is 10.5. The lowest BCUT2D eigenvalue weighted by molar-refractivity contribution is -0.120. The van der Waals surface area contributed by atoms with Crippen LogP contribution < -0.4 is 30.5 Å². The van der Waals surface area contributed by atoms with Gasteiger partial charge in [0.15, 0.2) is 5.82 Å². The highest BCUT2D eigenvalue weighted by Gasteiger charge is 2.41. The van der Waals surface area contributed by atoms with E-state index in [2.05, 4.69) is 31.8 Å². The minimum absolute atomic E-state index is 0.0784. The van der Waals surface area contributed by atoms with E-state index in [-0.39, 0.29) is 23.9 Å². The summed E-state index contributed by atoms with van der Waals surface area (Å²) in [5, 5.41) is 9.49. The van der Waals surface area contributed by atoms with E-state index in [1.807, 2.05) is 6.92 Å². The van der Waals surface area contributed by atoms with E-state index < -0.39 is 0 Å². The maximum atomic E-state index is 13.1. The Hall–Kier alpha value is -3.88. The van der Waals surface area contributed by atoms with Crippen LogP contribution in [0.4, 0.5) is 23.1 Å². The number of likely N-dealkylation sites (N-methyl/N-ethyl adjacent to an activating group) is 1. The summed E-state index contributed by atoms with van der Waals surface area (Å²) in [6, 6.07) is 5.28. The molecule has 2 amide bonds. The number of hydrogen-bond donors (Lipinski definition) is 3. The third-order valence-electron chi connectivity index (χ3n) is 7.75. The minimum Gasteiger partial charge on any atom is -0.495 e. The number of hydrogen-bond acceptors (Lipinski definition) is 9. The lowest BCUT2D eigenvalue weighted by Gasteiger charge is -2.43. The number of amides is 2. The number of carbonyl (C=O) groups excluding carboxylic acids is 2. The standard InChI is InChI=1S/C31H43N7O4/c1-5-7-18-42-19-17-32-15-10-16-33-29(39)22-13-14-24(27(20-22)41-4)35-31-34-21-26-28(36-31)38(23-11-8-9-12-23)25(6-2)30(40)37(26)3/h1,13-14,20-21,23,25,32H,6-12,15-19H2,2-4H3,(H,33,39)(H,34,35,36)/t25-/m1/s1. The molecule has 0 bridgehead atoms. The van der Waals surface area contributed by atoms with Crippen LogP contribution in [0.5, 0.6) is 5.75 Å². The predicted molar refractivity (Wildman–Crippen MR) is 165 cm³/mol. The molecule has 1 aliphatic carbocycles. The number of nitrogens with zero attached hydrogens (tertiary/aromatic N) is 4. The molecule has 0 spiro atoms. The number of benzene rings is 1. The van der Waals surface area contributed by atoms with Gasteiger partial charge in [-0.2, -0.15) is 4.98 Å². The van der Waals surface area contributed by atoms with Gasteiger partial charge >= 0.3 is 0 Å². The molecule has 2 heterocycles. The Morgan fingerprint density at radius 2 is 2.00 bits per heavy atom. The second-order valence-corrected chi connectivity index (χ2v) is 10.5. The van der Waals surface area contributed by atoms with Gasteiger partial charge < -0.3 is 35.2 Å². The van der Waals surface area contributed by atoms with Gasteiger partial charge in [-0.3, -0.25) is 9.59 Å². The van der Waals surface area contributed by atoms with Crippen LogP contribution in [-0.2, 0) is 9.53 Å². The first-order valence-electron chi connectivity index (χ1n) is 14.9. The van der Waals surface area contributed by atoms with Crippen molar-refractivity contribution in [2.24, 2.45) is 0 Å². The molecule has 11 nitrogen and oxygen atoms in total. The van der Waals surface area contributed by atoms with E-state index in [1.54, 1.807) is 43.5 Å². The molecular weight excluding hydrogens is 534 g/mol. The molecule has 42 heavy (non-hydrogen) atoms. The molecule has 0 saturated heterocycles. The third kappa shape index (κ3) is 7.49. The smallest absolute Gasteiger partial charge is 0.251 e. The largest absolute Gasteiger partial charge is 0.495 e. The molecule has 0 unspecified atom stereocenters. The summed E-state index contributed by atoms with van der Waals surface area (Å²) in [4.78, 5) is 39.2. The molecule has 226 valence electrons. The Morgan fingerprint density at radius 1 is 1.19 bits per heavy atom. The first kappa shape index (κ1) is 31.1. The SMILES string of the molecule is C#CCCOCCNCCCNC(=O)c1ccc(Nc2ncc3c(n2)N(C2CCCC2)[C@H](CC)C(=O)N3C)c(OC)c1. The van der Waals surface area contributed by atoms with Crippen molar-refractivity contribution in [1.29, 1.82) is 0 Å². The number of rotatable bonds is 15. The average molecular weight is 578 g/mol. The minimum atomic E-state index is -0.241. The summed E-state index contributed by atoms with van der Waals surface area (Å²) in [5.74, 6) is 4.12. The van der Waals surface area contributed by atoms with Crippen LogP contribution in [0.2, 0.25) is 0 Å². The summed E-state index contributed by atoms with van der Waals surface area (Å²) in [7, 11) is 3.35. The van der Waals surface area contributed by atoms with Crippen molar-refractivity contribution in [3.63, 3.8) is 0 Å². The number of carbonyl (C=O) groups is 2. The highest BCUT2D eigenvalue weighted by molar-refractivity contribution is 6.04. The van der Waals surface area contributed by atoms with Crippen LogP contribution in [0.1, 0.15) is 62.2 Å². The molecule has 2 aromatic rings. The van der Waals surface area contributed by atoms with Crippen molar-refractivity contribution >= 4 is 35.0 Å². The zero-order valence-corrected chi connectivity index (χ0v) is 24.9. The Morgan fingerprint density at radius 3 is 2.74 bits per heavy atom. The molecule has 1 atom stereocenters. The topological polar surface area (TPSA) is 121 Å². The van der Waals surface area contributed by atoms with Crippen molar-refractivity contribution in [2.75, 3.05) is 62.1 Å². The van der Waals surface area contributed by atoms with E-state index in [1.165, 1.54) is 0 Å². The van der Waals surface area contributed by atoms with E-state index in [0.717, 1.165) is 51.0 Å². The number of nitrogens with one attached hydrogen (secondary N) is 3. The van der Waals surface area contributed by atoms with Crippen molar-refractivity contribution in [3.8, 4) is 18.1 Å². The molecule has 4 rings (SSSR count). The van der Waals surface area contributed by atoms with Gasteiger partial charge in [-0.15, -0.1) is 12.3 Å².